The van der Waals surface area contributed by atoms with Crippen molar-refractivity contribution in [2.75, 3.05) is 0 Å². The van der Waals surface area contributed by atoms with Crippen LogP contribution in [0.2, 0.25) is 0 Å². The molecular formula is C8H10N4. The summed E-state index contributed by atoms with van der Waals surface area (Å²) in [6.45, 7) is 3.50. The van der Waals surface area contributed by atoms with Crippen molar-refractivity contribution in [3.63, 3.8) is 0 Å². The predicted octanol–water partition coefficient (Wildman–Crippen LogP) is 1.59. The van der Waals surface area contributed by atoms with Crippen LogP contribution in [0.3, 0.4) is 0 Å². The SMILES string of the molecule is CC=Nc1ncncc1C(C)=N. The van der Waals surface area contributed by atoms with Gasteiger partial charge in [0.15, 0.2) is 5.82 Å². The summed E-state index contributed by atoms with van der Waals surface area (Å²) in [4.78, 5) is 11.8. The number of aliphatic imine (C=N–C) groups is 1. The fraction of sp³-hybridized carbons (Fsp3) is 0.250. The van der Waals surface area contributed by atoms with Gasteiger partial charge >= 0.3 is 0 Å². The van der Waals surface area contributed by atoms with E-state index in [0.29, 0.717) is 17.1 Å². The molecule has 0 saturated carbocycles. The maximum atomic E-state index is 7.40. The Kier molecular flexibility index (Phi) is 2.63. The van der Waals surface area contributed by atoms with Gasteiger partial charge in [0, 0.05) is 18.1 Å². The van der Waals surface area contributed by atoms with Gasteiger partial charge < -0.3 is 5.41 Å². The van der Waals surface area contributed by atoms with Gasteiger partial charge in [-0.05, 0) is 13.8 Å². The third-order valence-corrected chi connectivity index (χ3v) is 1.35. The summed E-state index contributed by atoms with van der Waals surface area (Å²) in [5.74, 6) is 0.556. The van der Waals surface area contributed by atoms with E-state index in [1.807, 2.05) is 6.92 Å². The molecule has 0 atom stereocenters. The van der Waals surface area contributed by atoms with Crippen molar-refractivity contribution in [1.29, 1.82) is 5.41 Å². The quantitative estimate of drug-likeness (QED) is 0.671. The zero-order chi connectivity index (χ0) is 8.97. The first-order valence-electron chi connectivity index (χ1n) is 3.60. The van der Waals surface area contributed by atoms with Crippen molar-refractivity contribution in [3.05, 3.63) is 18.1 Å². The highest BCUT2D eigenvalue weighted by Crippen LogP contribution is 2.13. The number of rotatable bonds is 2. The van der Waals surface area contributed by atoms with Gasteiger partial charge in [-0.2, -0.15) is 0 Å². The van der Waals surface area contributed by atoms with Crippen LogP contribution in [0.1, 0.15) is 19.4 Å². The van der Waals surface area contributed by atoms with Crippen molar-refractivity contribution in [2.45, 2.75) is 13.8 Å². The monoisotopic (exact) mass is 162 g/mol. The fourth-order valence-electron chi connectivity index (χ4n) is 0.813. The summed E-state index contributed by atoms with van der Waals surface area (Å²) in [5, 5.41) is 7.40. The van der Waals surface area contributed by atoms with Gasteiger partial charge in [-0.3, -0.25) is 0 Å². The zero-order valence-corrected chi connectivity index (χ0v) is 7.07. The van der Waals surface area contributed by atoms with Crippen molar-refractivity contribution >= 4 is 17.7 Å². The topological polar surface area (TPSA) is 62.0 Å². The molecule has 1 N–H and O–H groups in total. The normalized spacial score (nSPS) is 10.5. The van der Waals surface area contributed by atoms with Crippen LogP contribution in [0.5, 0.6) is 0 Å². The molecule has 0 aliphatic rings. The first kappa shape index (κ1) is 8.52. The third kappa shape index (κ3) is 1.72. The zero-order valence-electron chi connectivity index (χ0n) is 7.07. The molecule has 0 aromatic carbocycles. The lowest BCUT2D eigenvalue weighted by atomic mass is 10.2. The van der Waals surface area contributed by atoms with E-state index in [-0.39, 0.29) is 0 Å². The Hall–Kier alpha value is -1.58. The molecule has 0 amide bonds. The lowest BCUT2D eigenvalue weighted by Crippen LogP contribution is -1.95. The Labute approximate surface area is 70.9 Å². The molecule has 0 aliphatic heterocycles. The van der Waals surface area contributed by atoms with Gasteiger partial charge in [0.2, 0.25) is 0 Å². The van der Waals surface area contributed by atoms with Crippen LogP contribution in [0.25, 0.3) is 0 Å². The van der Waals surface area contributed by atoms with Crippen LogP contribution in [0.4, 0.5) is 5.82 Å². The third-order valence-electron chi connectivity index (χ3n) is 1.35. The molecule has 1 aromatic rings. The standard InChI is InChI=1S/C8H10N4/c1-3-11-8-7(6(2)9)4-10-5-12-8/h3-5,9H,1-2H3. The number of hydrogen-bond acceptors (Lipinski definition) is 4. The lowest BCUT2D eigenvalue weighted by Gasteiger charge is -1.99. The smallest absolute Gasteiger partial charge is 0.163 e. The maximum Gasteiger partial charge on any atom is 0.163 e. The molecule has 4 heteroatoms. The second-order valence-electron chi connectivity index (χ2n) is 2.27. The first-order valence-corrected chi connectivity index (χ1v) is 3.60. The Morgan fingerprint density at radius 3 is 3.00 bits per heavy atom. The Morgan fingerprint density at radius 2 is 2.42 bits per heavy atom. The molecular weight excluding hydrogens is 152 g/mol. The molecule has 1 heterocycles. The van der Waals surface area contributed by atoms with Crippen molar-refractivity contribution in [2.24, 2.45) is 4.99 Å². The molecule has 1 rings (SSSR count). The summed E-state index contributed by atoms with van der Waals surface area (Å²) in [7, 11) is 0. The first-order chi connectivity index (χ1) is 5.75. The Morgan fingerprint density at radius 1 is 1.67 bits per heavy atom. The molecule has 4 nitrogen and oxygen atoms in total. The average molecular weight is 162 g/mol. The van der Waals surface area contributed by atoms with Gasteiger partial charge in [0.1, 0.15) is 6.33 Å². The number of nitrogens with zero attached hydrogens (tertiary/aromatic N) is 3. The van der Waals surface area contributed by atoms with E-state index >= 15 is 0 Å². The molecule has 0 radical (unpaired) electrons. The largest absolute Gasteiger partial charge is 0.305 e. The van der Waals surface area contributed by atoms with Gasteiger partial charge in [0.05, 0.1) is 5.56 Å². The highest BCUT2D eigenvalue weighted by molar-refractivity contribution is 5.99. The van der Waals surface area contributed by atoms with E-state index in [1.165, 1.54) is 6.33 Å². The van der Waals surface area contributed by atoms with E-state index in [4.69, 9.17) is 5.41 Å². The van der Waals surface area contributed by atoms with Gasteiger partial charge in [-0.25, -0.2) is 15.0 Å². The molecule has 0 fully saturated rings. The van der Waals surface area contributed by atoms with Crippen molar-refractivity contribution in [3.8, 4) is 0 Å². The summed E-state index contributed by atoms with van der Waals surface area (Å²) >= 11 is 0. The van der Waals surface area contributed by atoms with Crippen molar-refractivity contribution in [1.82, 2.24) is 9.97 Å². The number of nitrogens with one attached hydrogen (secondary N) is 1. The summed E-state index contributed by atoms with van der Waals surface area (Å²) < 4.78 is 0. The van der Waals surface area contributed by atoms with Crippen LogP contribution >= 0.6 is 0 Å². The lowest BCUT2D eigenvalue weighted by molar-refractivity contribution is 1.14. The van der Waals surface area contributed by atoms with Gasteiger partial charge in [-0.15, -0.1) is 0 Å². The van der Waals surface area contributed by atoms with Crippen LogP contribution in [-0.4, -0.2) is 21.9 Å². The fourth-order valence-corrected chi connectivity index (χ4v) is 0.813. The minimum absolute atomic E-state index is 0.427. The van der Waals surface area contributed by atoms with E-state index in [1.54, 1.807) is 19.3 Å². The number of aromatic nitrogens is 2. The predicted molar refractivity (Wildman–Crippen MR) is 48.4 cm³/mol. The summed E-state index contributed by atoms with van der Waals surface area (Å²) in [5.41, 5.74) is 1.10. The second kappa shape index (κ2) is 3.71. The van der Waals surface area contributed by atoms with Gasteiger partial charge in [0.25, 0.3) is 0 Å². The minimum Gasteiger partial charge on any atom is -0.305 e. The van der Waals surface area contributed by atoms with Crippen LogP contribution < -0.4 is 0 Å². The molecule has 0 bridgehead atoms. The highest BCUT2D eigenvalue weighted by atomic mass is 14.9. The second-order valence-corrected chi connectivity index (χ2v) is 2.27. The van der Waals surface area contributed by atoms with E-state index < -0.39 is 0 Å². The van der Waals surface area contributed by atoms with E-state index in [2.05, 4.69) is 15.0 Å². The summed E-state index contributed by atoms with van der Waals surface area (Å²) in [6.07, 6.45) is 4.67. The van der Waals surface area contributed by atoms with Crippen LogP contribution in [0.15, 0.2) is 17.5 Å². The Bertz CT molecular complexity index is 317. The molecule has 62 valence electrons. The summed E-state index contributed by atoms with van der Waals surface area (Å²) in [6, 6.07) is 0. The molecule has 0 unspecified atom stereocenters. The molecule has 12 heavy (non-hydrogen) atoms. The molecule has 0 saturated heterocycles. The highest BCUT2D eigenvalue weighted by Gasteiger charge is 2.02. The van der Waals surface area contributed by atoms with Crippen LogP contribution in [-0.2, 0) is 0 Å². The maximum absolute atomic E-state index is 7.40. The minimum atomic E-state index is 0.427. The van der Waals surface area contributed by atoms with Crippen LogP contribution in [0, 0.1) is 5.41 Å². The van der Waals surface area contributed by atoms with E-state index in [9.17, 15) is 0 Å². The molecule has 1 aromatic heterocycles. The van der Waals surface area contributed by atoms with Gasteiger partial charge in [-0.1, -0.05) is 0 Å². The molecule has 0 aliphatic carbocycles. The van der Waals surface area contributed by atoms with Crippen molar-refractivity contribution < 1.29 is 0 Å². The average Bonchev–Trinajstić information content (AvgIpc) is 2.05. The number of hydrogen-bond donors (Lipinski definition) is 1. The Balaban J connectivity index is 3.17. The molecule has 0 spiro atoms. The van der Waals surface area contributed by atoms with E-state index in [0.717, 1.165) is 0 Å².